The summed E-state index contributed by atoms with van der Waals surface area (Å²) in [5.74, 6) is 0.352. The van der Waals surface area contributed by atoms with Crippen LogP contribution in [0.15, 0.2) is 30.3 Å². The van der Waals surface area contributed by atoms with Gasteiger partial charge in [-0.3, -0.25) is 14.5 Å². The molecule has 0 bridgehead atoms. The highest BCUT2D eigenvalue weighted by molar-refractivity contribution is 5.97. The maximum atomic E-state index is 13.0. The lowest BCUT2D eigenvalue weighted by atomic mass is 10.0. The van der Waals surface area contributed by atoms with Crippen LogP contribution in [0.4, 0.5) is 5.69 Å². The average Bonchev–Trinajstić information content (AvgIpc) is 2.67. The van der Waals surface area contributed by atoms with Crippen molar-refractivity contribution in [2.24, 2.45) is 0 Å². The number of nitrogens with zero attached hydrogens (tertiary/aromatic N) is 3. The number of piperidine rings is 1. The Balaban J connectivity index is 1.49. The van der Waals surface area contributed by atoms with Crippen LogP contribution in [-0.4, -0.2) is 73.0 Å². The van der Waals surface area contributed by atoms with E-state index in [1.807, 2.05) is 49.1 Å². The minimum Gasteiger partial charge on any atom is -0.354 e. The summed E-state index contributed by atoms with van der Waals surface area (Å²) in [5, 5.41) is 2.94. The van der Waals surface area contributed by atoms with Crippen LogP contribution in [0.3, 0.4) is 0 Å². The van der Waals surface area contributed by atoms with Crippen LogP contribution in [0, 0.1) is 0 Å². The van der Waals surface area contributed by atoms with Gasteiger partial charge in [0, 0.05) is 57.4 Å². The Kier molecular flexibility index (Phi) is 6.85. The first-order valence-electron chi connectivity index (χ1n) is 10.2. The zero-order valence-corrected chi connectivity index (χ0v) is 16.6. The topological polar surface area (TPSA) is 55.9 Å². The van der Waals surface area contributed by atoms with Crippen molar-refractivity contribution in [2.75, 3.05) is 44.2 Å². The van der Waals surface area contributed by atoms with E-state index < -0.39 is 0 Å². The van der Waals surface area contributed by atoms with Crippen LogP contribution < -0.4 is 10.2 Å². The number of carbonyl (C=O) groups is 2. The van der Waals surface area contributed by atoms with E-state index in [4.69, 9.17) is 0 Å². The Labute approximate surface area is 162 Å². The summed E-state index contributed by atoms with van der Waals surface area (Å²) in [5.41, 5.74) is 1.00. The fourth-order valence-electron chi connectivity index (χ4n) is 4.01. The third kappa shape index (κ3) is 5.30. The van der Waals surface area contributed by atoms with Gasteiger partial charge in [-0.2, -0.15) is 0 Å². The van der Waals surface area contributed by atoms with Crippen LogP contribution in [0.25, 0.3) is 0 Å². The molecule has 2 aliphatic rings. The van der Waals surface area contributed by atoms with Gasteiger partial charge >= 0.3 is 0 Å². The molecule has 0 radical (unpaired) electrons. The third-order valence-corrected chi connectivity index (χ3v) is 5.43. The van der Waals surface area contributed by atoms with Gasteiger partial charge in [0.1, 0.15) is 0 Å². The molecule has 2 fully saturated rings. The van der Waals surface area contributed by atoms with E-state index in [9.17, 15) is 9.59 Å². The molecular formula is C21H32N4O2. The van der Waals surface area contributed by atoms with Gasteiger partial charge in [0.05, 0.1) is 6.04 Å². The highest BCUT2D eigenvalue weighted by Crippen LogP contribution is 2.24. The molecule has 6 nitrogen and oxygen atoms in total. The molecule has 1 atom stereocenters. The van der Waals surface area contributed by atoms with Crippen molar-refractivity contribution in [1.29, 1.82) is 0 Å². The van der Waals surface area contributed by atoms with Crippen LogP contribution in [-0.2, 0) is 9.59 Å². The molecule has 2 heterocycles. The van der Waals surface area contributed by atoms with Crippen molar-refractivity contribution < 1.29 is 9.59 Å². The second-order valence-electron chi connectivity index (χ2n) is 7.83. The van der Waals surface area contributed by atoms with Crippen LogP contribution in [0.2, 0.25) is 0 Å². The molecule has 6 heteroatoms. The van der Waals surface area contributed by atoms with Crippen LogP contribution in [0.5, 0.6) is 0 Å². The van der Waals surface area contributed by atoms with Crippen molar-refractivity contribution in [3.8, 4) is 0 Å². The zero-order valence-electron chi connectivity index (χ0n) is 16.6. The summed E-state index contributed by atoms with van der Waals surface area (Å²) in [6, 6.07) is 10.2. The molecule has 0 aromatic heterocycles. The van der Waals surface area contributed by atoms with E-state index in [-0.39, 0.29) is 23.9 Å². The number of hydrogen-bond donors (Lipinski definition) is 1. The van der Waals surface area contributed by atoms with Crippen molar-refractivity contribution in [1.82, 2.24) is 15.1 Å². The van der Waals surface area contributed by atoms with E-state index in [1.54, 1.807) is 0 Å². The maximum Gasteiger partial charge on any atom is 0.244 e. The van der Waals surface area contributed by atoms with E-state index in [0.29, 0.717) is 6.42 Å². The number of hydrogen-bond acceptors (Lipinski definition) is 4. The summed E-state index contributed by atoms with van der Waals surface area (Å²) >= 11 is 0. The molecule has 2 amide bonds. The largest absolute Gasteiger partial charge is 0.354 e. The van der Waals surface area contributed by atoms with Gasteiger partial charge in [0.15, 0.2) is 0 Å². The lowest BCUT2D eigenvalue weighted by Gasteiger charge is -2.42. The second kappa shape index (κ2) is 9.33. The molecule has 3 rings (SSSR count). The van der Waals surface area contributed by atoms with Crippen LogP contribution >= 0.6 is 0 Å². The number of anilines is 1. The van der Waals surface area contributed by atoms with Crippen molar-refractivity contribution in [3.63, 3.8) is 0 Å². The van der Waals surface area contributed by atoms with Gasteiger partial charge in [-0.1, -0.05) is 18.2 Å². The molecule has 0 saturated carbocycles. The fourth-order valence-corrected chi connectivity index (χ4v) is 4.01. The highest BCUT2D eigenvalue weighted by atomic mass is 16.2. The fraction of sp³-hybridized carbons (Fsp3) is 0.619. The van der Waals surface area contributed by atoms with Gasteiger partial charge < -0.3 is 15.1 Å². The van der Waals surface area contributed by atoms with E-state index in [1.165, 1.54) is 0 Å². The first-order valence-corrected chi connectivity index (χ1v) is 10.2. The summed E-state index contributed by atoms with van der Waals surface area (Å²) in [6.07, 6.45) is 2.53. The molecule has 1 aromatic rings. The minimum absolute atomic E-state index is 0.00894. The normalized spacial score (nSPS) is 22.3. The van der Waals surface area contributed by atoms with Gasteiger partial charge in [0.2, 0.25) is 11.8 Å². The Bertz CT molecular complexity index is 626. The van der Waals surface area contributed by atoms with Crippen molar-refractivity contribution >= 4 is 17.5 Å². The van der Waals surface area contributed by atoms with Gasteiger partial charge in [-0.25, -0.2) is 0 Å². The summed E-state index contributed by atoms with van der Waals surface area (Å²) in [6.45, 7) is 9.20. The first-order chi connectivity index (χ1) is 13.0. The quantitative estimate of drug-likeness (QED) is 0.826. The Morgan fingerprint density at radius 1 is 1.11 bits per heavy atom. The van der Waals surface area contributed by atoms with Gasteiger partial charge in [-0.05, 0) is 38.8 Å². The minimum atomic E-state index is -0.00894. The average molecular weight is 373 g/mol. The molecule has 2 saturated heterocycles. The summed E-state index contributed by atoms with van der Waals surface area (Å²) in [4.78, 5) is 31.5. The second-order valence-corrected chi connectivity index (χ2v) is 7.83. The lowest BCUT2D eigenvalue weighted by molar-refractivity contribution is -0.126. The van der Waals surface area contributed by atoms with Crippen molar-refractivity contribution in [2.45, 2.75) is 45.2 Å². The Hall–Kier alpha value is -1.92. The monoisotopic (exact) mass is 372 g/mol. The Morgan fingerprint density at radius 3 is 2.48 bits per heavy atom. The standard InChI is InChI=1S/C21H32N4O2/c1-17(2)22-20(26)10-12-23-13-15-24(16-14-23)19-9-6-11-25(21(19)27)18-7-4-3-5-8-18/h3-5,7-8,17,19H,6,9-16H2,1-2H3,(H,22,26)/t19-/m0/s1. The van der Waals surface area contributed by atoms with E-state index in [0.717, 1.165) is 57.8 Å². The number of piperazine rings is 1. The third-order valence-electron chi connectivity index (χ3n) is 5.43. The number of amides is 2. The van der Waals surface area contributed by atoms with Gasteiger partial charge in [-0.15, -0.1) is 0 Å². The molecule has 1 N–H and O–H groups in total. The predicted octanol–water partition coefficient (Wildman–Crippen LogP) is 1.71. The number of carbonyl (C=O) groups excluding carboxylic acids is 2. The van der Waals surface area contributed by atoms with Crippen LogP contribution in [0.1, 0.15) is 33.1 Å². The number of nitrogens with one attached hydrogen (secondary N) is 1. The Morgan fingerprint density at radius 2 is 1.81 bits per heavy atom. The van der Waals surface area contributed by atoms with E-state index in [2.05, 4.69) is 15.1 Å². The van der Waals surface area contributed by atoms with Crippen molar-refractivity contribution in [3.05, 3.63) is 30.3 Å². The predicted molar refractivity (Wildman–Crippen MR) is 108 cm³/mol. The number of rotatable bonds is 6. The first kappa shape index (κ1) is 19.8. The molecule has 0 unspecified atom stereocenters. The zero-order chi connectivity index (χ0) is 19.2. The smallest absolute Gasteiger partial charge is 0.244 e. The lowest BCUT2D eigenvalue weighted by Crippen LogP contribution is -2.58. The summed E-state index contributed by atoms with van der Waals surface area (Å²) in [7, 11) is 0. The molecule has 0 aliphatic carbocycles. The molecule has 2 aliphatic heterocycles. The molecule has 148 valence electrons. The number of para-hydroxylation sites is 1. The highest BCUT2D eigenvalue weighted by Gasteiger charge is 2.35. The molecule has 1 aromatic carbocycles. The molecule has 0 spiro atoms. The molecule has 27 heavy (non-hydrogen) atoms. The SMILES string of the molecule is CC(C)NC(=O)CCN1CCN([C@H]2CCCN(c3ccccc3)C2=O)CC1. The maximum absolute atomic E-state index is 13.0. The number of benzene rings is 1. The summed E-state index contributed by atoms with van der Waals surface area (Å²) < 4.78 is 0. The van der Waals surface area contributed by atoms with E-state index >= 15 is 0 Å². The van der Waals surface area contributed by atoms with Gasteiger partial charge in [0.25, 0.3) is 0 Å². The molecular weight excluding hydrogens is 340 g/mol.